The lowest BCUT2D eigenvalue weighted by molar-refractivity contribution is -0.186. The monoisotopic (exact) mass is 489 g/mol. The van der Waals surface area contributed by atoms with Gasteiger partial charge in [-0.15, -0.1) is 0 Å². The fraction of sp³-hybridized carbons (Fsp3) is 0.407. The Morgan fingerprint density at radius 2 is 1.72 bits per heavy atom. The maximum atomic E-state index is 12.7. The van der Waals surface area contributed by atoms with Gasteiger partial charge in [0.2, 0.25) is 5.95 Å². The van der Waals surface area contributed by atoms with E-state index in [9.17, 15) is 9.59 Å². The van der Waals surface area contributed by atoms with Crippen molar-refractivity contribution < 1.29 is 19.2 Å². The number of carbonyl (C=O) groups excluding carboxylic acids is 2. The molecule has 2 amide bonds. The molecule has 2 aromatic carbocycles. The molecule has 2 aliphatic heterocycles. The first kappa shape index (κ1) is 24.1. The summed E-state index contributed by atoms with van der Waals surface area (Å²) in [7, 11) is 0. The van der Waals surface area contributed by atoms with E-state index in [4.69, 9.17) is 9.57 Å². The topological polar surface area (TPSA) is 106 Å². The van der Waals surface area contributed by atoms with E-state index in [2.05, 4.69) is 25.7 Å². The first-order valence-corrected chi connectivity index (χ1v) is 12.6. The number of amides is 2. The Morgan fingerprint density at radius 3 is 2.47 bits per heavy atom. The van der Waals surface area contributed by atoms with Crippen molar-refractivity contribution in [3.8, 4) is 0 Å². The highest BCUT2D eigenvalue weighted by molar-refractivity contribution is 5.98. The molecule has 9 heteroatoms. The molecule has 2 saturated heterocycles. The lowest BCUT2D eigenvalue weighted by atomic mass is 9.97. The van der Waals surface area contributed by atoms with Crippen LogP contribution >= 0.6 is 0 Å². The lowest BCUT2D eigenvalue weighted by Crippen LogP contribution is -2.39. The van der Waals surface area contributed by atoms with Gasteiger partial charge in [-0.1, -0.05) is 30.3 Å². The number of fused-ring (bicyclic) bond motifs is 1. The van der Waals surface area contributed by atoms with Crippen LogP contribution in [-0.2, 0) is 9.57 Å². The van der Waals surface area contributed by atoms with Crippen LogP contribution in [0.5, 0.6) is 0 Å². The van der Waals surface area contributed by atoms with E-state index < -0.39 is 12.2 Å². The third-order valence-corrected chi connectivity index (χ3v) is 6.78. The summed E-state index contributed by atoms with van der Waals surface area (Å²) in [5.41, 5.74) is 3.44. The number of nitrogens with zero attached hydrogens (tertiary/aromatic N) is 3. The molecule has 2 fully saturated rings. The van der Waals surface area contributed by atoms with Gasteiger partial charge in [0.1, 0.15) is 0 Å². The van der Waals surface area contributed by atoms with Gasteiger partial charge < -0.3 is 15.0 Å². The fourth-order valence-electron chi connectivity index (χ4n) is 4.59. The highest BCUT2D eigenvalue weighted by Crippen LogP contribution is 2.21. The van der Waals surface area contributed by atoms with Crippen molar-refractivity contribution in [3.63, 3.8) is 0 Å². The summed E-state index contributed by atoms with van der Waals surface area (Å²) in [5, 5.41) is 5.28. The molecule has 1 atom stereocenters. The summed E-state index contributed by atoms with van der Waals surface area (Å²) in [5.74, 6) is 0.563. The SMILES string of the molecule is O=C(NCC1CCN(c2ncc(C(=O)NOC3CCCCO3)cn2)CC1)c1ccc2ccccc2c1. The van der Waals surface area contributed by atoms with Crippen LogP contribution in [0.1, 0.15) is 52.8 Å². The number of nitrogens with one attached hydrogen (secondary N) is 2. The van der Waals surface area contributed by atoms with Crippen LogP contribution in [0.4, 0.5) is 5.95 Å². The highest BCUT2D eigenvalue weighted by Gasteiger charge is 2.22. The molecule has 1 unspecified atom stereocenters. The van der Waals surface area contributed by atoms with Gasteiger partial charge in [-0.2, -0.15) is 0 Å². The number of rotatable bonds is 7. The zero-order valence-corrected chi connectivity index (χ0v) is 20.2. The Bertz CT molecular complexity index is 1190. The predicted molar refractivity (Wildman–Crippen MR) is 135 cm³/mol. The molecule has 0 saturated carbocycles. The second-order valence-corrected chi connectivity index (χ2v) is 9.32. The second-order valence-electron chi connectivity index (χ2n) is 9.32. The molecule has 36 heavy (non-hydrogen) atoms. The molecule has 3 heterocycles. The molecule has 3 aromatic rings. The largest absolute Gasteiger partial charge is 0.352 e. The number of piperidine rings is 1. The minimum absolute atomic E-state index is 0.0422. The van der Waals surface area contributed by atoms with Crippen LogP contribution in [0.2, 0.25) is 0 Å². The van der Waals surface area contributed by atoms with Gasteiger partial charge in [-0.05, 0) is 54.5 Å². The molecule has 0 aliphatic carbocycles. The fourth-order valence-corrected chi connectivity index (χ4v) is 4.59. The number of hydrogen-bond donors (Lipinski definition) is 2. The van der Waals surface area contributed by atoms with Crippen LogP contribution in [0, 0.1) is 5.92 Å². The van der Waals surface area contributed by atoms with Crippen LogP contribution < -0.4 is 15.7 Å². The lowest BCUT2D eigenvalue weighted by Gasteiger charge is -2.32. The van der Waals surface area contributed by atoms with Crippen LogP contribution in [0.25, 0.3) is 10.8 Å². The van der Waals surface area contributed by atoms with E-state index >= 15 is 0 Å². The second kappa shape index (κ2) is 11.5. The first-order valence-electron chi connectivity index (χ1n) is 12.6. The Hall–Kier alpha value is -3.56. The average Bonchev–Trinajstić information content (AvgIpc) is 2.95. The zero-order valence-electron chi connectivity index (χ0n) is 20.2. The summed E-state index contributed by atoms with van der Waals surface area (Å²) in [4.78, 5) is 41.1. The number of aromatic nitrogens is 2. The smallest absolute Gasteiger partial charge is 0.278 e. The molecule has 2 N–H and O–H groups in total. The molecule has 188 valence electrons. The summed E-state index contributed by atoms with van der Waals surface area (Å²) >= 11 is 0. The maximum Gasteiger partial charge on any atom is 0.278 e. The van der Waals surface area contributed by atoms with Crippen molar-refractivity contribution in [2.24, 2.45) is 5.92 Å². The predicted octanol–water partition coefficient (Wildman–Crippen LogP) is 3.46. The normalized spacial score (nSPS) is 18.7. The number of carbonyl (C=O) groups is 2. The molecular formula is C27H31N5O4. The molecule has 0 spiro atoms. The quantitative estimate of drug-likeness (QED) is 0.490. The third-order valence-electron chi connectivity index (χ3n) is 6.78. The van der Waals surface area contributed by atoms with Crippen molar-refractivity contribution in [1.82, 2.24) is 20.8 Å². The van der Waals surface area contributed by atoms with Crippen LogP contribution in [0.3, 0.4) is 0 Å². The minimum atomic E-state index is -0.401. The van der Waals surface area contributed by atoms with Gasteiger partial charge in [0, 0.05) is 50.6 Å². The maximum absolute atomic E-state index is 12.7. The van der Waals surface area contributed by atoms with Gasteiger partial charge in [0.15, 0.2) is 6.29 Å². The first-order chi connectivity index (χ1) is 17.7. The van der Waals surface area contributed by atoms with Crippen molar-refractivity contribution >= 4 is 28.5 Å². The van der Waals surface area contributed by atoms with Crippen molar-refractivity contribution in [2.75, 3.05) is 31.1 Å². The Morgan fingerprint density at radius 1 is 0.944 bits per heavy atom. The average molecular weight is 490 g/mol. The molecular weight excluding hydrogens is 458 g/mol. The van der Waals surface area contributed by atoms with Crippen molar-refractivity contribution in [1.29, 1.82) is 0 Å². The molecule has 1 aromatic heterocycles. The Labute approximate surface area is 210 Å². The van der Waals surface area contributed by atoms with E-state index in [0.717, 1.165) is 56.0 Å². The highest BCUT2D eigenvalue weighted by atomic mass is 16.8. The van der Waals surface area contributed by atoms with E-state index in [1.165, 1.54) is 12.4 Å². The summed E-state index contributed by atoms with van der Waals surface area (Å²) in [6, 6.07) is 13.8. The van der Waals surface area contributed by atoms with Gasteiger partial charge >= 0.3 is 0 Å². The van der Waals surface area contributed by atoms with Crippen molar-refractivity contribution in [3.05, 3.63) is 66.0 Å². The number of ether oxygens (including phenoxy) is 1. The summed E-state index contributed by atoms with van der Waals surface area (Å²) in [6.07, 6.45) is 7.28. The Kier molecular flexibility index (Phi) is 7.68. The van der Waals surface area contributed by atoms with E-state index in [0.29, 0.717) is 36.1 Å². The molecule has 5 rings (SSSR count). The molecule has 0 bridgehead atoms. The zero-order chi connectivity index (χ0) is 24.7. The van der Waals surface area contributed by atoms with Gasteiger partial charge in [-0.25, -0.2) is 20.3 Å². The molecule has 0 radical (unpaired) electrons. The van der Waals surface area contributed by atoms with Crippen molar-refractivity contribution in [2.45, 2.75) is 38.4 Å². The number of benzene rings is 2. The number of anilines is 1. The third kappa shape index (κ3) is 5.98. The minimum Gasteiger partial charge on any atom is -0.352 e. The van der Waals surface area contributed by atoms with E-state index in [1.54, 1.807) is 0 Å². The number of hydrogen-bond acceptors (Lipinski definition) is 7. The van der Waals surface area contributed by atoms with Gasteiger partial charge in [0.25, 0.3) is 11.8 Å². The number of hydroxylamine groups is 1. The van der Waals surface area contributed by atoms with Gasteiger partial charge in [-0.3, -0.25) is 9.59 Å². The van der Waals surface area contributed by atoms with E-state index in [-0.39, 0.29) is 5.91 Å². The Balaban J connectivity index is 1.06. The van der Waals surface area contributed by atoms with Gasteiger partial charge in [0.05, 0.1) is 5.56 Å². The summed E-state index contributed by atoms with van der Waals surface area (Å²) in [6.45, 7) is 2.88. The van der Waals surface area contributed by atoms with Crippen LogP contribution in [-0.4, -0.2) is 54.3 Å². The molecule has 2 aliphatic rings. The van der Waals surface area contributed by atoms with Crippen LogP contribution in [0.15, 0.2) is 54.9 Å². The van der Waals surface area contributed by atoms with E-state index in [1.807, 2.05) is 42.5 Å². The summed E-state index contributed by atoms with van der Waals surface area (Å²) < 4.78 is 5.44. The standard InChI is InChI=1S/C27H31N5O4/c33-25(22-9-8-20-5-1-2-6-21(20)15-22)28-16-19-10-12-32(13-11-19)27-29-17-23(18-30-27)26(34)31-36-24-7-3-4-14-35-24/h1-2,5-6,8-9,15,17-19,24H,3-4,7,10-14,16H2,(H,28,33)(H,31,34). The molecule has 9 nitrogen and oxygen atoms in total.